The van der Waals surface area contributed by atoms with Gasteiger partial charge < -0.3 is 16.8 Å². The highest BCUT2D eigenvalue weighted by atomic mass is 15.1. The lowest BCUT2D eigenvalue weighted by atomic mass is 10.3. The molecule has 76 valence electrons. The molecule has 5 heteroatoms. The van der Waals surface area contributed by atoms with Crippen molar-refractivity contribution in [1.82, 2.24) is 9.97 Å². The Kier molecular flexibility index (Phi) is 2.37. The Labute approximate surface area is 87.2 Å². The molecule has 2 aromatic rings. The van der Waals surface area contributed by atoms with Crippen LogP contribution < -0.4 is 16.8 Å². The number of hydrogen-bond acceptors (Lipinski definition) is 5. The molecule has 0 spiro atoms. The van der Waals surface area contributed by atoms with Crippen LogP contribution in [0.3, 0.4) is 0 Å². The van der Waals surface area contributed by atoms with E-state index in [4.69, 9.17) is 11.5 Å². The molecule has 0 fully saturated rings. The zero-order valence-electron chi connectivity index (χ0n) is 8.01. The van der Waals surface area contributed by atoms with Crippen molar-refractivity contribution in [3.8, 4) is 0 Å². The van der Waals surface area contributed by atoms with E-state index >= 15 is 0 Å². The molecule has 0 atom stereocenters. The first-order chi connectivity index (χ1) is 7.24. The van der Waals surface area contributed by atoms with Crippen molar-refractivity contribution in [3.05, 3.63) is 36.4 Å². The van der Waals surface area contributed by atoms with Crippen molar-refractivity contribution in [2.75, 3.05) is 16.8 Å². The maximum absolute atomic E-state index is 5.54. The van der Waals surface area contributed by atoms with Crippen LogP contribution in [0.25, 0.3) is 0 Å². The van der Waals surface area contributed by atoms with Crippen LogP contribution >= 0.6 is 0 Å². The van der Waals surface area contributed by atoms with Crippen LogP contribution in [0, 0.1) is 0 Å². The summed E-state index contributed by atoms with van der Waals surface area (Å²) in [6.45, 7) is 0. The molecule has 0 saturated carbocycles. The monoisotopic (exact) mass is 201 g/mol. The molecule has 0 aliphatic carbocycles. The van der Waals surface area contributed by atoms with Gasteiger partial charge in [-0.2, -0.15) is 9.97 Å². The van der Waals surface area contributed by atoms with Gasteiger partial charge in [-0.3, -0.25) is 0 Å². The van der Waals surface area contributed by atoms with Gasteiger partial charge >= 0.3 is 0 Å². The molecule has 1 heterocycles. The standard InChI is InChI=1S/C10H11N5/c11-8-6-9(15-10(12)14-8)13-7-4-2-1-3-5-7/h1-6H,(H5,11,12,13,14,15). The Balaban J connectivity index is 2.25. The van der Waals surface area contributed by atoms with Crippen molar-refractivity contribution >= 4 is 23.3 Å². The highest BCUT2D eigenvalue weighted by Gasteiger charge is 1.99. The number of nitrogens with two attached hydrogens (primary N) is 2. The summed E-state index contributed by atoms with van der Waals surface area (Å²) < 4.78 is 0. The number of anilines is 4. The van der Waals surface area contributed by atoms with Gasteiger partial charge in [-0.25, -0.2) is 0 Å². The smallest absolute Gasteiger partial charge is 0.223 e. The van der Waals surface area contributed by atoms with E-state index in [1.807, 2.05) is 30.3 Å². The molecule has 0 aliphatic rings. The van der Waals surface area contributed by atoms with Crippen LogP contribution in [0.1, 0.15) is 0 Å². The molecule has 0 unspecified atom stereocenters. The number of para-hydroxylation sites is 1. The number of nitrogen functional groups attached to an aromatic ring is 2. The quantitative estimate of drug-likeness (QED) is 0.683. The van der Waals surface area contributed by atoms with Gasteiger partial charge in [0.05, 0.1) is 0 Å². The second kappa shape index (κ2) is 3.83. The van der Waals surface area contributed by atoms with Crippen LogP contribution in [0.4, 0.5) is 23.3 Å². The lowest BCUT2D eigenvalue weighted by Crippen LogP contribution is -2.02. The SMILES string of the molecule is Nc1cc(Nc2ccccc2)nc(N)n1. The fourth-order valence-corrected chi connectivity index (χ4v) is 1.22. The van der Waals surface area contributed by atoms with Crippen molar-refractivity contribution in [3.63, 3.8) is 0 Å². The number of benzene rings is 1. The van der Waals surface area contributed by atoms with E-state index in [1.54, 1.807) is 6.07 Å². The number of nitrogens with zero attached hydrogens (tertiary/aromatic N) is 2. The molecule has 1 aromatic heterocycles. The summed E-state index contributed by atoms with van der Waals surface area (Å²) in [5.74, 6) is 1.10. The summed E-state index contributed by atoms with van der Waals surface area (Å²) in [4.78, 5) is 7.79. The average molecular weight is 201 g/mol. The predicted molar refractivity (Wildman–Crippen MR) is 60.6 cm³/mol. The number of rotatable bonds is 2. The van der Waals surface area contributed by atoms with Crippen LogP contribution in [0.5, 0.6) is 0 Å². The van der Waals surface area contributed by atoms with Gasteiger partial charge in [0.1, 0.15) is 11.6 Å². The second-order valence-electron chi connectivity index (χ2n) is 3.03. The number of hydrogen-bond donors (Lipinski definition) is 3. The van der Waals surface area contributed by atoms with Crippen molar-refractivity contribution in [2.24, 2.45) is 0 Å². The Morgan fingerprint density at radius 2 is 1.73 bits per heavy atom. The fourth-order valence-electron chi connectivity index (χ4n) is 1.22. The highest BCUT2D eigenvalue weighted by molar-refractivity contribution is 5.59. The van der Waals surface area contributed by atoms with Gasteiger partial charge in [0.2, 0.25) is 5.95 Å². The Morgan fingerprint density at radius 3 is 2.40 bits per heavy atom. The van der Waals surface area contributed by atoms with E-state index in [9.17, 15) is 0 Å². The molecule has 0 bridgehead atoms. The summed E-state index contributed by atoms with van der Waals surface area (Å²) in [6, 6.07) is 11.3. The third kappa shape index (κ3) is 2.34. The van der Waals surface area contributed by atoms with E-state index in [0.29, 0.717) is 11.6 Å². The fraction of sp³-hybridized carbons (Fsp3) is 0. The first-order valence-corrected chi connectivity index (χ1v) is 4.46. The third-order valence-corrected chi connectivity index (χ3v) is 1.81. The van der Waals surface area contributed by atoms with E-state index in [0.717, 1.165) is 5.69 Å². The molecule has 0 saturated heterocycles. The second-order valence-corrected chi connectivity index (χ2v) is 3.03. The topological polar surface area (TPSA) is 89.8 Å². The minimum Gasteiger partial charge on any atom is -0.383 e. The lowest BCUT2D eigenvalue weighted by molar-refractivity contribution is 1.19. The van der Waals surface area contributed by atoms with E-state index in [1.165, 1.54) is 0 Å². The molecule has 1 aromatic carbocycles. The molecule has 5 N–H and O–H groups in total. The molecule has 5 nitrogen and oxygen atoms in total. The first-order valence-electron chi connectivity index (χ1n) is 4.46. The van der Waals surface area contributed by atoms with Crippen LogP contribution in [-0.4, -0.2) is 9.97 Å². The van der Waals surface area contributed by atoms with Gasteiger partial charge in [-0.15, -0.1) is 0 Å². The molecule has 2 rings (SSSR count). The normalized spacial score (nSPS) is 9.87. The predicted octanol–water partition coefficient (Wildman–Crippen LogP) is 1.38. The van der Waals surface area contributed by atoms with Gasteiger partial charge in [0, 0.05) is 11.8 Å². The average Bonchev–Trinajstić information content (AvgIpc) is 2.17. The van der Waals surface area contributed by atoms with Crippen LogP contribution in [0.2, 0.25) is 0 Å². The van der Waals surface area contributed by atoms with Crippen LogP contribution in [-0.2, 0) is 0 Å². The zero-order valence-corrected chi connectivity index (χ0v) is 8.01. The number of nitrogens with one attached hydrogen (secondary N) is 1. The third-order valence-electron chi connectivity index (χ3n) is 1.81. The Hall–Kier alpha value is -2.30. The van der Waals surface area contributed by atoms with Gasteiger partial charge in [-0.05, 0) is 12.1 Å². The molecule has 0 radical (unpaired) electrons. The zero-order chi connectivity index (χ0) is 10.7. The summed E-state index contributed by atoms with van der Waals surface area (Å²) in [6.07, 6.45) is 0. The van der Waals surface area contributed by atoms with Crippen molar-refractivity contribution in [2.45, 2.75) is 0 Å². The van der Waals surface area contributed by atoms with E-state index in [-0.39, 0.29) is 5.95 Å². The minimum atomic E-state index is 0.161. The highest BCUT2D eigenvalue weighted by Crippen LogP contribution is 2.15. The maximum Gasteiger partial charge on any atom is 0.223 e. The van der Waals surface area contributed by atoms with E-state index in [2.05, 4.69) is 15.3 Å². The number of aromatic nitrogens is 2. The van der Waals surface area contributed by atoms with Crippen molar-refractivity contribution < 1.29 is 0 Å². The largest absolute Gasteiger partial charge is 0.383 e. The van der Waals surface area contributed by atoms with Gasteiger partial charge in [-0.1, -0.05) is 18.2 Å². The maximum atomic E-state index is 5.54. The van der Waals surface area contributed by atoms with Crippen LogP contribution in [0.15, 0.2) is 36.4 Å². The van der Waals surface area contributed by atoms with E-state index < -0.39 is 0 Å². The van der Waals surface area contributed by atoms with Gasteiger partial charge in [0.15, 0.2) is 0 Å². The molecular formula is C10H11N5. The summed E-state index contributed by atoms with van der Waals surface area (Å²) >= 11 is 0. The summed E-state index contributed by atoms with van der Waals surface area (Å²) in [5, 5.41) is 3.07. The first kappa shape index (κ1) is 9.26. The minimum absolute atomic E-state index is 0.161. The molecular weight excluding hydrogens is 190 g/mol. The molecule has 0 aliphatic heterocycles. The lowest BCUT2D eigenvalue weighted by Gasteiger charge is -2.05. The van der Waals surface area contributed by atoms with Gasteiger partial charge in [0.25, 0.3) is 0 Å². The summed E-state index contributed by atoms with van der Waals surface area (Å²) in [7, 11) is 0. The molecule has 0 amide bonds. The molecule has 15 heavy (non-hydrogen) atoms. The Bertz CT molecular complexity index is 434. The van der Waals surface area contributed by atoms with Crippen molar-refractivity contribution in [1.29, 1.82) is 0 Å². The Morgan fingerprint density at radius 1 is 1.00 bits per heavy atom. The summed E-state index contributed by atoms with van der Waals surface area (Å²) in [5.41, 5.74) is 11.9.